The van der Waals surface area contributed by atoms with Crippen LogP contribution in [0.2, 0.25) is 0 Å². The SMILES string of the molecule is COC(=O)CC1C2(C)CCCC1(C)CN(C)C2. The molecule has 2 atom stereocenters. The third-order valence-electron chi connectivity index (χ3n) is 5.04. The van der Waals surface area contributed by atoms with Gasteiger partial charge in [0.15, 0.2) is 0 Å². The van der Waals surface area contributed by atoms with Crippen LogP contribution >= 0.6 is 0 Å². The number of carbonyl (C=O) groups is 1. The monoisotopic (exact) mass is 239 g/mol. The maximum atomic E-state index is 11.6. The molecule has 0 amide bonds. The van der Waals surface area contributed by atoms with E-state index in [4.69, 9.17) is 4.74 Å². The number of ether oxygens (including phenoxy) is 1. The number of hydrogen-bond acceptors (Lipinski definition) is 3. The zero-order chi connectivity index (χ0) is 12.7. The summed E-state index contributed by atoms with van der Waals surface area (Å²) in [7, 11) is 3.70. The van der Waals surface area contributed by atoms with E-state index in [1.807, 2.05) is 0 Å². The van der Waals surface area contributed by atoms with Gasteiger partial charge < -0.3 is 9.64 Å². The Kier molecular flexibility index (Phi) is 3.23. The summed E-state index contributed by atoms with van der Waals surface area (Å²) in [6, 6.07) is 0. The summed E-state index contributed by atoms with van der Waals surface area (Å²) in [5.74, 6) is 0.436. The van der Waals surface area contributed by atoms with Crippen LogP contribution in [0.3, 0.4) is 0 Å². The highest BCUT2D eigenvalue weighted by Crippen LogP contribution is 2.56. The molecule has 2 bridgehead atoms. The fraction of sp³-hybridized carbons (Fsp3) is 0.929. The molecule has 2 aliphatic rings. The van der Waals surface area contributed by atoms with Gasteiger partial charge in [-0.25, -0.2) is 0 Å². The molecule has 0 aromatic carbocycles. The van der Waals surface area contributed by atoms with Crippen LogP contribution in [0.1, 0.15) is 39.5 Å². The fourth-order valence-corrected chi connectivity index (χ4v) is 4.50. The Morgan fingerprint density at radius 3 is 2.29 bits per heavy atom. The van der Waals surface area contributed by atoms with E-state index in [1.54, 1.807) is 0 Å². The van der Waals surface area contributed by atoms with Gasteiger partial charge in [-0.3, -0.25) is 4.79 Å². The smallest absolute Gasteiger partial charge is 0.305 e. The molecule has 0 N–H and O–H groups in total. The van der Waals surface area contributed by atoms with Gasteiger partial charge in [-0.1, -0.05) is 20.3 Å². The number of esters is 1. The van der Waals surface area contributed by atoms with E-state index in [-0.39, 0.29) is 16.8 Å². The lowest BCUT2D eigenvalue weighted by Crippen LogP contribution is -2.58. The minimum Gasteiger partial charge on any atom is -0.469 e. The van der Waals surface area contributed by atoms with E-state index in [0.29, 0.717) is 12.3 Å². The van der Waals surface area contributed by atoms with E-state index in [9.17, 15) is 4.79 Å². The highest BCUT2D eigenvalue weighted by atomic mass is 16.5. The van der Waals surface area contributed by atoms with Crippen LogP contribution in [-0.2, 0) is 9.53 Å². The van der Waals surface area contributed by atoms with Crippen molar-refractivity contribution in [1.82, 2.24) is 4.90 Å². The van der Waals surface area contributed by atoms with E-state index in [0.717, 1.165) is 13.1 Å². The van der Waals surface area contributed by atoms with Crippen LogP contribution in [0, 0.1) is 16.7 Å². The molecular formula is C14H25NO2. The molecule has 1 saturated carbocycles. The van der Waals surface area contributed by atoms with Gasteiger partial charge in [-0.15, -0.1) is 0 Å². The number of nitrogens with zero attached hydrogens (tertiary/aromatic N) is 1. The molecule has 0 spiro atoms. The molecule has 2 fully saturated rings. The van der Waals surface area contributed by atoms with E-state index >= 15 is 0 Å². The lowest BCUT2D eigenvalue weighted by atomic mass is 9.52. The third kappa shape index (κ3) is 2.22. The number of methoxy groups -OCH3 is 1. The summed E-state index contributed by atoms with van der Waals surface area (Å²) in [4.78, 5) is 14.1. The quantitative estimate of drug-likeness (QED) is 0.693. The maximum absolute atomic E-state index is 11.6. The number of carbonyl (C=O) groups excluding carboxylic acids is 1. The van der Waals surface area contributed by atoms with Gasteiger partial charge >= 0.3 is 5.97 Å². The Hall–Kier alpha value is -0.570. The second-order valence-corrected chi connectivity index (χ2v) is 6.67. The molecule has 1 aliphatic carbocycles. The minimum atomic E-state index is -0.0427. The molecule has 3 heteroatoms. The molecule has 1 aliphatic heterocycles. The lowest BCUT2D eigenvalue weighted by molar-refractivity contribution is -0.152. The van der Waals surface area contributed by atoms with Crippen LogP contribution in [-0.4, -0.2) is 38.1 Å². The molecule has 0 aromatic rings. The molecule has 98 valence electrons. The molecule has 17 heavy (non-hydrogen) atoms. The molecule has 1 heterocycles. The largest absolute Gasteiger partial charge is 0.469 e. The third-order valence-corrected chi connectivity index (χ3v) is 5.04. The molecular weight excluding hydrogens is 214 g/mol. The number of likely N-dealkylation sites (tertiary alicyclic amines) is 1. The van der Waals surface area contributed by atoms with Crippen molar-refractivity contribution >= 4 is 5.97 Å². The predicted molar refractivity (Wildman–Crippen MR) is 67.7 cm³/mol. The number of piperidine rings is 1. The number of hydrogen-bond donors (Lipinski definition) is 0. The van der Waals surface area contributed by atoms with Crippen LogP contribution in [0.15, 0.2) is 0 Å². The first-order valence-corrected chi connectivity index (χ1v) is 6.65. The fourth-order valence-electron chi connectivity index (χ4n) is 4.50. The first-order valence-electron chi connectivity index (χ1n) is 6.65. The van der Waals surface area contributed by atoms with Crippen molar-refractivity contribution in [2.45, 2.75) is 39.5 Å². The van der Waals surface area contributed by atoms with Crippen molar-refractivity contribution in [3.8, 4) is 0 Å². The zero-order valence-corrected chi connectivity index (χ0v) is 11.6. The number of fused-ring (bicyclic) bond motifs is 2. The van der Waals surface area contributed by atoms with Crippen molar-refractivity contribution in [2.75, 3.05) is 27.2 Å². The zero-order valence-electron chi connectivity index (χ0n) is 11.6. The highest BCUT2D eigenvalue weighted by Gasteiger charge is 2.53. The molecule has 0 aromatic heterocycles. The molecule has 2 unspecified atom stereocenters. The molecule has 0 radical (unpaired) electrons. The van der Waals surface area contributed by atoms with Gasteiger partial charge in [0.2, 0.25) is 0 Å². The first-order chi connectivity index (χ1) is 7.89. The average molecular weight is 239 g/mol. The summed E-state index contributed by atoms with van der Waals surface area (Å²) in [5.41, 5.74) is 0.572. The summed E-state index contributed by atoms with van der Waals surface area (Å²) in [6.07, 6.45) is 4.39. The molecule has 1 saturated heterocycles. The Balaban J connectivity index is 2.24. The lowest BCUT2D eigenvalue weighted by Gasteiger charge is -2.58. The van der Waals surface area contributed by atoms with Gasteiger partial charge in [-0.2, -0.15) is 0 Å². The molecule has 2 rings (SSSR count). The second kappa shape index (κ2) is 4.27. The van der Waals surface area contributed by atoms with Crippen molar-refractivity contribution in [2.24, 2.45) is 16.7 Å². The van der Waals surface area contributed by atoms with Gasteiger partial charge in [0, 0.05) is 19.5 Å². The van der Waals surface area contributed by atoms with Crippen molar-refractivity contribution < 1.29 is 9.53 Å². The van der Waals surface area contributed by atoms with Gasteiger partial charge in [0.05, 0.1) is 7.11 Å². The van der Waals surface area contributed by atoms with Crippen LogP contribution in [0.4, 0.5) is 0 Å². The Morgan fingerprint density at radius 2 is 1.82 bits per heavy atom. The Labute approximate surface area is 105 Å². The van der Waals surface area contributed by atoms with Crippen molar-refractivity contribution in [3.05, 3.63) is 0 Å². The van der Waals surface area contributed by atoms with Crippen LogP contribution < -0.4 is 0 Å². The van der Waals surface area contributed by atoms with Gasteiger partial charge in [0.1, 0.15) is 0 Å². The number of rotatable bonds is 2. The summed E-state index contributed by atoms with van der Waals surface area (Å²) < 4.78 is 4.88. The average Bonchev–Trinajstić information content (AvgIpc) is 2.21. The van der Waals surface area contributed by atoms with E-state index in [2.05, 4.69) is 25.8 Å². The minimum absolute atomic E-state index is 0.0427. The highest BCUT2D eigenvalue weighted by molar-refractivity contribution is 5.69. The maximum Gasteiger partial charge on any atom is 0.305 e. The van der Waals surface area contributed by atoms with E-state index in [1.165, 1.54) is 26.4 Å². The van der Waals surface area contributed by atoms with Gasteiger partial charge in [-0.05, 0) is 36.6 Å². The Morgan fingerprint density at radius 1 is 1.29 bits per heavy atom. The van der Waals surface area contributed by atoms with Crippen LogP contribution in [0.5, 0.6) is 0 Å². The first kappa shape index (κ1) is 12.9. The summed E-state index contributed by atoms with van der Waals surface area (Å²) in [5, 5.41) is 0. The topological polar surface area (TPSA) is 29.5 Å². The van der Waals surface area contributed by atoms with Gasteiger partial charge in [0.25, 0.3) is 0 Å². The van der Waals surface area contributed by atoms with Crippen molar-refractivity contribution in [1.29, 1.82) is 0 Å². The standard InChI is InChI=1S/C14H25NO2/c1-13-6-5-7-14(2,10-15(3)9-13)11(13)8-12(16)17-4/h11H,5-10H2,1-4H3. The molecule has 3 nitrogen and oxygen atoms in total. The summed E-state index contributed by atoms with van der Waals surface area (Å²) in [6.45, 7) is 6.94. The Bertz CT molecular complexity index is 297. The van der Waals surface area contributed by atoms with Crippen molar-refractivity contribution in [3.63, 3.8) is 0 Å². The summed E-state index contributed by atoms with van der Waals surface area (Å²) >= 11 is 0. The predicted octanol–water partition coefficient (Wildman–Crippen LogP) is 2.31. The normalized spacial score (nSPS) is 42.2. The van der Waals surface area contributed by atoms with Crippen LogP contribution in [0.25, 0.3) is 0 Å². The van der Waals surface area contributed by atoms with E-state index < -0.39 is 0 Å². The second-order valence-electron chi connectivity index (χ2n) is 6.67.